The SMILES string of the molecule is CC/C=C\C/C=C\C/C=C\CCCCCCOCC(COC1OC(COC2OC(CO)C(O)C(O)C2O)C(O)C(O)C1O)OC(=O)CCCCCCC/C=C\CCCCCC. The fourth-order valence-electron chi connectivity index (χ4n) is 7.00. The summed E-state index contributed by atoms with van der Waals surface area (Å²) in [4.78, 5) is 12.9. The molecule has 2 aliphatic rings. The van der Waals surface area contributed by atoms with Crippen LogP contribution >= 0.6 is 0 Å². The minimum absolute atomic E-state index is 0.0417. The van der Waals surface area contributed by atoms with Crippen LogP contribution in [0.15, 0.2) is 48.6 Å². The zero-order valence-electron chi connectivity index (χ0n) is 37.1. The Hall–Kier alpha value is -2.05. The van der Waals surface area contributed by atoms with Crippen LogP contribution in [0, 0.1) is 0 Å². The van der Waals surface area contributed by atoms with Crippen LogP contribution in [-0.2, 0) is 33.2 Å². The van der Waals surface area contributed by atoms with E-state index in [1.807, 2.05) is 0 Å². The predicted molar refractivity (Wildman–Crippen MR) is 233 cm³/mol. The molecule has 0 aromatic heterocycles. The number of hydrogen-bond donors (Lipinski definition) is 7. The first-order valence-corrected chi connectivity index (χ1v) is 23.2. The first kappa shape index (κ1) is 55.1. The highest BCUT2D eigenvalue weighted by Gasteiger charge is 2.47. The Balaban J connectivity index is 1.83. The lowest BCUT2D eigenvalue weighted by atomic mass is 9.98. The number of aliphatic hydroxyl groups excluding tert-OH is 7. The zero-order chi connectivity index (χ0) is 44.5. The van der Waals surface area contributed by atoms with Crippen molar-refractivity contribution in [2.75, 3.05) is 33.0 Å². The van der Waals surface area contributed by atoms with Gasteiger partial charge in [-0.1, -0.05) is 114 Å². The topological polar surface area (TPSA) is 214 Å². The van der Waals surface area contributed by atoms with Gasteiger partial charge in [-0.3, -0.25) is 4.79 Å². The number of unbranched alkanes of at least 4 members (excludes halogenated alkanes) is 13. The Morgan fingerprint density at radius 3 is 1.69 bits per heavy atom. The molecule has 2 saturated heterocycles. The van der Waals surface area contributed by atoms with Crippen LogP contribution in [0.5, 0.6) is 0 Å². The number of ether oxygens (including phenoxy) is 6. The molecule has 0 saturated carbocycles. The van der Waals surface area contributed by atoms with E-state index in [1.165, 1.54) is 25.7 Å². The van der Waals surface area contributed by atoms with Crippen LogP contribution in [0.25, 0.3) is 0 Å². The van der Waals surface area contributed by atoms with E-state index >= 15 is 0 Å². The molecule has 0 radical (unpaired) electrons. The highest BCUT2D eigenvalue weighted by molar-refractivity contribution is 5.69. The van der Waals surface area contributed by atoms with Crippen molar-refractivity contribution in [1.29, 1.82) is 0 Å². The van der Waals surface area contributed by atoms with E-state index in [0.717, 1.165) is 89.9 Å². The molecule has 11 unspecified atom stereocenters. The second-order valence-electron chi connectivity index (χ2n) is 16.2. The molecule has 2 fully saturated rings. The highest BCUT2D eigenvalue weighted by Crippen LogP contribution is 2.26. The van der Waals surface area contributed by atoms with Gasteiger partial charge in [0.1, 0.15) is 54.9 Å². The molecule has 14 heteroatoms. The van der Waals surface area contributed by atoms with Gasteiger partial charge in [-0.15, -0.1) is 0 Å². The van der Waals surface area contributed by atoms with Gasteiger partial charge in [0, 0.05) is 13.0 Å². The van der Waals surface area contributed by atoms with Crippen LogP contribution in [0.2, 0.25) is 0 Å². The maximum atomic E-state index is 12.9. The Morgan fingerprint density at radius 1 is 0.557 bits per heavy atom. The highest BCUT2D eigenvalue weighted by atomic mass is 16.7. The second-order valence-corrected chi connectivity index (χ2v) is 16.2. The third-order valence-corrected chi connectivity index (χ3v) is 10.8. The lowest BCUT2D eigenvalue weighted by molar-refractivity contribution is -0.332. The minimum Gasteiger partial charge on any atom is -0.457 e. The van der Waals surface area contributed by atoms with Gasteiger partial charge in [0.05, 0.1) is 26.4 Å². The number of aliphatic hydroxyl groups is 7. The maximum Gasteiger partial charge on any atom is 0.306 e. The van der Waals surface area contributed by atoms with Gasteiger partial charge in [-0.25, -0.2) is 0 Å². The first-order chi connectivity index (χ1) is 29.6. The summed E-state index contributed by atoms with van der Waals surface area (Å²) in [7, 11) is 0. The van der Waals surface area contributed by atoms with E-state index in [-0.39, 0.29) is 19.6 Å². The van der Waals surface area contributed by atoms with Gasteiger partial charge < -0.3 is 64.2 Å². The standard InChI is InChI=1S/C47H82O14/c1-3-5-7-9-11-13-15-17-19-21-23-25-27-29-31-56-33-36(59-39(49)30-28-26-24-22-20-18-16-14-12-10-8-6-4-2)34-57-46-45(55)43(53)41(51)38(61-46)35-58-47-44(54)42(52)40(50)37(32-48)60-47/h5,7,11,13-14,16-17,19,36-38,40-48,50-55H,3-4,6,8-10,12,15,18,20-35H2,1-2H3/b7-5-,13-11-,16-14-,19-17-. The largest absolute Gasteiger partial charge is 0.457 e. The Kier molecular flexibility index (Phi) is 31.9. The Morgan fingerprint density at radius 2 is 1.07 bits per heavy atom. The molecule has 0 bridgehead atoms. The van der Waals surface area contributed by atoms with Crippen molar-refractivity contribution in [2.45, 2.75) is 210 Å². The van der Waals surface area contributed by atoms with Crippen molar-refractivity contribution in [3.05, 3.63) is 48.6 Å². The van der Waals surface area contributed by atoms with Gasteiger partial charge in [0.2, 0.25) is 0 Å². The predicted octanol–water partition coefficient (Wildman–Crippen LogP) is 5.62. The van der Waals surface area contributed by atoms with Crippen LogP contribution in [0.4, 0.5) is 0 Å². The average molecular weight is 871 g/mol. The first-order valence-electron chi connectivity index (χ1n) is 23.2. The summed E-state index contributed by atoms with van der Waals surface area (Å²) in [5, 5.41) is 71.9. The summed E-state index contributed by atoms with van der Waals surface area (Å²) < 4.78 is 34.1. The molecule has 354 valence electrons. The molecular formula is C47H82O14. The molecule has 0 aromatic carbocycles. The molecule has 11 atom stereocenters. The van der Waals surface area contributed by atoms with Crippen LogP contribution in [-0.4, -0.2) is 142 Å². The van der Waals surface area contributed by atoms with Crippen molar-refractivity contribution in [2.24, 2.45) is 0 Å². The lowest BCUT2D eigenvalue weighted by Gasteiger charge is -2.42. The molecule has 2 heterocycles. The molecule has 7 N–H and O–H groups in total. The van der Waals surface area contributed by atoms with Crippen LogP contribution in [0.3, 0.4) is 0 Å². The maximum absolute atomic E-state index is 12.9. The Labute approximate surface area is 365 Å². The van der Waals surface area contributed by atoms with Crippen molar-refractivity contribution in [1.82, 2.24) is 0 Å². The third-order valence-electron chi connectivity index (χ3n) is 10.8. The molecule has 2 rings (SSSR count). The van der Waals surface area contributed by atoms with E-state index in [1.54, 1.807) is 0 Å². The molecule has 0 aromatic rings. The van der Waals surface area contributed by atoms with Gasteiger partial charge in [0.15, 0.2) is 12.6 Å². The molecule has 2 aliphatic heterocycles. The van der Waals surface area contributed by atoms with E-state index < -0.39 is 86.7 Å². The van der Waals surface area contributed by atoms with E-state index in [0.29, 0.717) is 13.0 Å². The molecular weight excluding hydrogens is 789 g/mol. The van der Waals surface area contributed by atoms with Crippen LogP contribution in [0.1, 0.15) is 142 Å². The number of carbonyl (C=O) groups excluding carboxylic acids is 1. The molecule has 61 heavy (non-hydrogen) atoms. The van der Waals surface area contributed by atoms with Gasteiger partial charge in [-0.05, 0) is 70.6 Å². The monoisotopic (exact) mass is 871 g/mol. The molecule has 14 nitrogen and oxygen atoms in total. The summed E-state index contributed by atoms with van der Waals surface area (Å²) in [6.45, 7) is 3.46. The molecule has 0 aliphatic carbocycles. The number of rotatable bonds is 35. The summed E-state index contributed by atoms with van der Waals surface area (Å²) in [6.07, 6.45) is 21.8. The summed E-state index contributed by atoms with van der Waals surface area (Å²) in [5.41, 5.74) is 0. The third kappa shape index (κ3) is 24.0. The smallest absolute Gasteiger partial charge is 0.306 e. The lowest BCUT2D eigenvalue weighted by Crippen LogP contribution is -2.61. The van der Waals surface area contributed by atoms with E-state index in [4.69, 9.17) is 28.4 Å². The van der Waals surface area contributed by atoms with Crippen LogP contribution < -0.4 is 0 Å². The van der Waals surface area contributed by atoms with E-state index in [9.17, 15) is 40.5 Å². The van der Waals surface area contributed by atoms with Gasteiger partial charge in [-0.2, -0.15) is 0 Å². The summed E-state index contributed by atoms with van der Waals surface area (Å²) in [5.74, 6) is -0.397. The second kappa shape index (κ2) is 35.3. The van der Waals surface area contributed by atoms with E-state index in [2.05, 4.69) is 62.5 Å². The normalized spacial score (nSPS) is 27.9. The van der Waals surface area contributed by atoms with Gasteiger partial charge in [0.25, 0.3) is 0 Å². The number of allylic oxidation sites excluding steroid dienone is 8. The van der Waals surface area contributed by atoms with Crippen molar-refractivity contribution in [3.8, 4) is 0 Å². The van der Waals surface area contributed by atoms with Crippen molar-refractivity contribution < 1.29 is 69.0 Å². The zero-order valence-corrected chi connectivity index (χ0v) is 37.1. The van der Waals surface area contributed by atoms with Crippen molar-refractivity contribution in [3.63, 3.8) is 0 Å². The molecule has 0 amide bonds. The van der Waals surface area contributed by atoms with Gasteiger partial charge >= 0.3 is 5.97 Å². The summed E-state index contributed by atoms with van der Waals surface area (Å²) >= 11 is 0. The summed E-state index contributed by atoms with van der Waals surface area (Å²) in [6, 6.07) is 0. The number of hydrogen-bond acceptors (Lipinski definition) is 14. The molecule has 0 spiro atoms. The Bertz CT molecular complexity index is 1190. The fourth-order valence-corrected chi connectivity index (χ4v) is 7.00. The minimum atomic E-state index is -1.71. The number of carbonyl (C=O) groups is 1. The number of esters is 1. The fraction of sp³-hybridized carbons (Fsp3) is 0.809. The average Bonchev–Trinajstić information content (AvgIpc) is 3.25. The van der Waals surface area contributed by atoms with Crippen molar-refractivity contribution >= 4 is 5.97 Å². The quantitative estimate of drug-likeness (QED) is 0.0234.